The van der Waals surface area contributed by atoms with Gasteiger partial charge in [0.2, 0.25) is 0 Å². The van der Waals surface area contributed by atoms with Crippen LogP contribution in [0.25, 0.3) is 0 Å². The van der Waals surface area contributed by atoms with E-state index in [9.17, 15) is 0 Å². The Morgan fingerprint density at radius 2 is 1.33 bits per heavy atom. The van der Waals surface area contributed by atoms with E-state index in [-0.39, 0.29) is 6.10 Å². The molecule has 3 heteroatoms. The maximum absolute atomic E-state index is 6.67. The van der Waals surface area contributed by atoms with Gasteiger partial charge in [0.25, 0.3) is 0 Å². The molecule has 0 amide bonds. The van der Waals surface area contributed by atoms with Crippen LogP contribution in [0.15, 0.2) is 106 Å². The van der Waals surface area contributed by atoms with E-state index < -0.39 is 8.07 Å². The summed E-state index contributed by atoms with van der Waals surface area (Å²) in [5.41, 5.74) is 1.26. The molecule has 0 aromatic heterocycles. The van der Waals surface area contributed by atoms with Crippen molar-refractivity contribution >= 4 is 25.0 Å². The average Bonchev–Trinajstić information content (AvgIpc) is 3.15. The van der Waals surface area contributed by atoms with E-state index in [2.05, 4.69) is 104 Å². The lowest BCUT2D eigenvalue weighted by atomic mass is 10.1. The quantitative estimate of drug-likeness (QED) is 0.474. The second-order valence-corrected chi connectivity index (χ2v) is 12.8. The van der Waals surface area contributed by atoms with Crippen molar-refractivity contribution in [3.8, 4) is 0 Å². The molecule has 1 nitrogen and oxygen atoms in total. The van der Waals surface area contributed by atoms with Gasteiger partial charge in [0.05, 0.1) is 5.38 Å². The summed E-state index contributed by atoms with van der Waals surface area (Å²) in [4.78, 5) is 2.66. The highest BCUT2D eigenvalue weighted by Gasteiger charge is 2.39. The smallest absolute Gasteiger partial charge is 0.156 e. The lowest BCUT2D eigenvalue weighted by Gasteiger charge is -2.26. The van der Waals surface area contributed by atoms with Gasteiger partial charge >= 0.3 is 0 Å². The molecule has 1 atom stereocenters. The molecule has 1 aliphatic rings. The molecule has 0 saturated heterocycles. The Hall–Kier alpha value is -2.23. The minimum atomic E-state index is -1.90. The van der Waals surface area contributed by atoms with Crippen LogP contribution in [0.3, 0.4) is 0 Å². The molecule has 0 radical (unpaired) electrons. The zero-order valence-corrected chi connectivity index (χ0v) is 17.6. The van der Waals surface area contributed by atoms with Crippen molar-refractivity contribution in [3.05, 3.63) is 107 Å². The van der Waals surface area contributed by atoms with Gasteiger partial charge in [-0.25, -0.2) is 0 Å². The van der Waals surface area contributed by atoms with Crippen LogP contribution in [-0.4, -0.2) is 8.07 Å². The summed E-state index contributed by atoms with van der Waals surface area (Å²) in [6.45, 7) is 4.80. The molecular formula is C24H24OSSi. The Kier molecular flexibility index (Phi) is 5.24. The summed E-state index contributed by atoms with van der Waals surface area (Å²) in [6.07, 6.45) is 1.06. The fourth-order valence-electron chi connectivity index (χ4n) is 3.56. The number of benzene rings is 3. The third-order valence-electron chi connectivity index (χ3n) is 5.10. The van der Waals surface area contributed by atoms with Gasteiger partial charge in [0.15, 0.2) is 8.07 Å². The molecule has 1 heterocycles. The first-order valence-electron chi connectivity index (χ1n) is 9.38. The zero-order valence-electron chi connectivity index (χ0n) is 15.8. The summed E-state index contributed by atoms with van der Waals surface area (Å²) in [5.74, 6) is 0. The van der Waals surface area contributed by atoms with Gasteiger partial charge in [-0.2, -0.15) is 0 Å². The third kappa shape index (κ3) is 3.90. The lowest BCUT2D eigenvalue weighted by molar-refractivity contribution is 0.160. The van der Waals surface area contributed by atoms with Gasteiger partial charge in [0.1, 0.15) is 6.10 Å². The SMILES string of the molecule is C[Si](C)(C1=C(Sc2ccccc2)CC(c2ccccc2)O1)c1ccccc1. The van der Waals surface area contributed by atoms with Crippen LogP contribution in [0, 0.1) is 0 Å². The van der Waals surface area contributed by atoms with E-state index in [4.69, 9.17) is 4.74 Å². The molecule has 0 spiro atoms. The van der Waals surface area contributed by atoms with E-state index in [1.807, 2.05) is 11.8 Å². The Balaban J connectivity index is 1.71. The molecule has 0 saturated carbocycles. The Morgan fingerprint density at radius 1 is 0.778 bits per heavy atom. The van der Waals surface area contributed by atoms with Crippen LogP contribution in [0.5, 0.6) is 0 Å². The molecule has 136 valence electrons. The van der Waals surface area contributed by atoms with Crippen molar-refractivity contribution in [2.45, 2.75) is 30.5 Å². The van der Waals surface area contributed by atoms with E-state index in [0.29, 0.717) is 0 Å². The molecule has 4 rings (SSSR count). The molecule has 0 fully saturated rings. The summed E-state index contributed by atoms with van der Waals surface area (Å²) in [7, 11) is -1.90. The van der Waals surface area contributed by atoms with Crippen LogP contribution < -0.4 is 5.19 Å². The molecular weight excluding hydrogens is 364 g/mol. The monoisotopic (exact) mass is 388 g/mol. The molecule has 3 aromatic carbocycles. The maximum atomic E-state index is 6.67. The van der Waals surface area contributed by atoms with Crippen molar-refractivity contribution in [2.24, 2.45) is 0 Å². The second kappa shape index (κ2) is 7.79. The van der Waals surface area contributed by atoms with Crippen molar-refractivity contribution in [2.75, 3.05) is 0 Å². The Morgan fingerprint density at radius 3 is 1.96 bits per heavy atom. The van der Waals surface area contributed by atoms with E-state index in [0.717, 1.165) is 6.42 Å². The van der Waals surface area contributed by atoms with Gasteiger partial charge in [-0.15, -0.1) is 0 Å². The molecule has 3 aromatic rings. The fraction of sp³-hybridized carbons (Fsp3) is 0.167. The first kappa shape index (κ1) is 18.1. The van der Waals surface area contributed by atoms with Crippen LogP contribution in [0.4, 0.5) is 0 Å². The van der Waals surface area contributed by atoms with E-state index in [1.54, 1.807) is 0 Å². The van der Waals surface area contributed by atoms with Gasteiger partial charge in [-0.1, -0.05) is 109 Å². The normalized spacial score (nSPS) is 17.0. The van der Waals surface area contributed by atoms with Crippen LogP contribution in [-0.2, 0) is 4.74 Å². The second-order valence-electron chi connectivity index (χ2n) is 7.38. The van der Waals surface area contributed by atoms with E-state index >= 15 is 0 Å². The molecule has 27 heavy (non-hydrogen) atoms. The minimum absolute atomic E-state index is 0.114. The topological polar surface area (TPSA) is 9.23 Å². The maximum Gasteiger partial charge on any atom is 0.156 e. The van der Waals surface area contributed by atoms with Crippen molar-refractivity contribution < 1.29 is 4.74 Å². The summed E-state index contributed by atoms with van der Waals surface area (Å²) >= 11 is 1.87. The summed E-state index contributed by atoms with van der Waals surface area (Å²) < 4.78 is 6.67. The number of hydrogen-bond acceptors (Lipinski definition) is 2. The Bertz CT molecular complexity index is 920. The number of ether oxygens (including phenoxy) is 1. The predicted molar refractivity (Wildman–Crippen MR) is 118 cm³/mol. The average molecular weight is 389 g/mol. The summed E-state index contributed by atoms with van der Waals surface area (Å²) in [5, 5.41) is 2.65. The first-order chi connectivity index (χ1) is 13.1. The minimum Gasteiger partial charge on any atom is -0.494 e. The van der Waals surface area contributed by atoms with Gasteiger partial charge in [0, 0.05) is 16.2 Å². The predicted octanol–water partition coefficient (Wildman–Crippen LogP) is 6.31. The first-order valence-corrected chi connectivity index (χ1v) is 13.2. The number of hydrogen-bond donors (Lipinski definition) is 0. The fourth-order valence-corrected chi connectivity index (χ4v) is 7.96. The number of rotatable bonds is 5. The molecule has 0 bridgehead atoms. The highest BCUT2D eigenvalue weighted by molar-refractivity contribution is 8.03. The molecule has 0 aliphatic carbocycles. The van der Waals surface area contributed by atoms with Crippen LogP contribution in [0.1, 0.15) is 18.1 Å². The highest BCUT2D eigenvalue weighted by Crippen LogP contribution is 2.46. The lowest BCUT2D eigenvalue weighted by Crippen LogP contribution is -2.44. The van der Waals surface area contributed by atoms with Crippen molar-refractivity contribution in [1.29, 1.82) is 0 Å². The third-order valence-corrected chi connectivity index (χ3v) is 9.72. The molecule has 0 N–H and O–H groups in total. The van der Waals surface area contributed by atoms with Gasteiger partial charge < -0.3 is 4.74 Å². The van der Waals surface area contributed by atoms with Crippen LogP contribution in [0.2, 0.25) is 13.1 Å². The summed E-state index contributed by atoms with van der Waals surface area (Å²) in [6, 6.07) is 32.1. The zero-order chi connectivity index (χ0) is 18.7. The number of thioether (sulfide) groups is 1. The molecule has 1 aliphatic heterocycles. The van der Waals surface area contributed by atoms with Gasteiger partial charge in [-0.05, 0) is 17.7 Å². The van der Waals surface area contributed by atoms with Crippen molar-refractivity contribution in [1.82, 2.24) is 0 Å². The Labute approximate surface area is 167 Å². The van der Waals surface area contributed by atoms with Crippen molar-refractivity contribution in [3.63, 3.8) is 0 Å². The molecule has 1 unspecified atom stereocenters. The van der Waals surface area contributed by atoms with Gasteiger partial charge in [-0.3, -0.25) is 0 Å². The van der Waals surface area contributed by atoms with E-state index in [1.165, 1.54) is 25.9 Å². The van der Waals surface area contributed by atoms with Crippen LogP contribution >= 0.6 is 11.8 Å². The standard InChI is InChI=1S/C24H24OSSi/c1-27(2,21-16-10-5-11-17-21)24-23(26-20-14-8-4-9-15-20)18-22(25-24)19-12-6-3-7-13-19/h3-17,22H,18H2,1-2H3. The largest absolute Gasteiger partial charge is 0.494 e. The highest BCUT2D eigenvalue weighted by atomic mass is 32.2.